The molecule has 0 fully saturated rings. The fraction of sp³-hybridized carbons (Fsp3) is 0.357. The van der Waals surface area contributed by atoms with Gasteiger partial charge < -0.3 is 15.6 Å². The van der Waals surface area contributed by atoms with Gasteiger partial charge in [-0.3, -0.25) is 9.59 Å². The van der Waals surface area contributed by atoms with Crippen molar-refractivity contribution in [3.05, 3.63) is 56.1 Å². The Hall–Kier alpha value is -2.95. The number of aryl methyl sites for hydroxylation is 2. The minimum Gasteiger partial charge on any atom is -0.365 e. The summed E-state index contributed by atoms with van der Waals surface area (Å²) in [6.45, 7) is 9.15. The largest absolute Gasteiger partial charge is 0.365 e. The molecule has 0 spiro atoms. The summed E-state index contributed by atoms with van der Waals surface area (Å²) in [6, 6.07) is 8.53. The molecule has 0 aliphatic heterocycles. The number of primary amides is 1. The zero-order valence-electron chi connectivity index (χ0n) is 22.0. The first kappa shape index (κ1) is 26.6. The van der Waals surface area contributed by atoms with Gasteiger partial charge in [-0.2, -0.15) is 0 Å². The van der Waals surface area contributed by atoms with Crippen molar-refractivity contribution >= 4 is 51.3 Å². The molecule has 1 aliphatic rings. The summed E-state index contributed by atoms with van der Waals surface area (Å²) in [7, 11) is 0. The van der Waals surface area contributed by atoms with Crippen molar-refractivity contribution < 1.29 is 9.59 Å². The predicted octanol–water partition coefficient (Wildman–Crippen LogP) is 6.33. The van der Waals surface area contributed by atoms with Crippen molar-refractivity contribution in [2.45, 2.75) is 58.7 Å². The van der Waals surface area contributed by atoms with Gasteiger partial charge in [0, 0.05) is 32.8 Å². The van der Waals surface area contributed by atoms with Gasteiger partial charge in [0.1, 0.15) is 5.00 Å². The standard InChI is InChI=1S/C28H31N5O2S3/c1-5-33-26(20-13-36-17(4)23(20)18-9-6-15(2)7-10-18)31-32-28(33)37-14-22(34)30-27-24(25(29)35)19-11-8-16(3)12-21(19)38-27/h6-7,9-10,13,16H,5,8,11-12,14H2,1-4H3,(H2,29,35)(H,30,34). The first-order valence-electron chi connectivity index (χ1n) is 12.7. The number of nitrogens with two attached hydrogens (primary N) is 1. The van der Waals surface area contributed by atoms with E-state index in [0.29, 0.717) is 28.2 Å². The molecular weight excluding hydrogens is 535 g/mol. The van der Waals surface area contributed by atoms with E-state index in [2.05, 4.69) is 77.4 Å². The Morgan fingerprint density at radius 3 is 2.68 bits per heavy atom. The van der Waals surface area contributed by atoms with Crippen LogP contribution < -0.4 is 11.1 Å². The van der Waals surface area contributed by atoms with Gasteiger partial charge in [-0.15, -0.1) is 32.9 Å². The van der Waals surface area contributed by atoms with E-state index in [1.165, 1.54) is 39.1 Å². The molecule has 5 rings (SSSR count). The highest BCUT2D eigenvalue weighted by molar-refractivity contribution is 7.99. The minimum atomic E-state index is -0.481. The number of hydrogen-bond acceptors (Lipinski definition) is 7. The second kappa shape index (κ2) is 11.0. The van der Waals surface area contributed by atoms with E-state index >= 15 is 0 Å². The summed E-state index contributed by atoms with van der Waals surface area (Å²) in [6.07, 6.45) is 2.77. The normalized spacial score (nSPS) is 14.9. The molecule has 1 aliphatic carbocycles. The molecule has 38 heavy (non-hydrogen) atoms. The van der Waals surface area contributed by atoms with Gasteiger partial charge in [0.25, 0.3) is 5.91 Å². The highest BCUT2D eigenvalue weighted by Crippen LogP contribution is 2.41. The number of aromatic nitrogens is 3. The SMILES string of the molecule is CCn1c(SCC(=O)Nc2sc3c(c2C(N)=O)CCC(C)C3)nnc1-c1csc(C)c1-c1ccc(C)cc1. The summed E-state index contributed by atoms with van der Waals surface area (Å²) < 4.78 is 2.05. The highest BCUT2D eigenvalue weighted by atomic mass is 32.2. The van der Waals surface area contributed by atoms with Crippen molar-refractivity contribution in [3.8, 4) is 22.5 Å². The van der Waals surface area contributed by atoms with Crippen molar-refractivity contribution in [1.82, 2.24) is 14.8 Å². The molecule has 198 valence electrons. The van der Waals surface area contributed by atoms with E-state index in [1.807, 2.05) is 0 Å². The Labute approximate surface area is 234 Å². The quantitative estimate of drug-likeness (QED) is 0.243. The van der Waals surface area contributed by atoms with Crippen molar-refractivity contribution in [2.24, 2.45) is 11.7 Å². The molecule has 0 saturated carbocycles. The number of thioether (sulfide) groups is 1. The van der Waals surface area contributed by atoms with E-state index in [4.69, 9.17) is 5.73 Å². The van der Waals surface area contributed by atoms with Crippen LogP contribution in [-0.4, -0.2) is 32.3 Å². The monoisotopic (exact) mass is 565 g/mol. The van der Waals surface area contributed by atoms with Crippen LogP contribution in [-0.2, 0) is 24.2 Å². The fourth-order valence-corrected chi connectivity index (χ4v) is 8.07. The maximum Gasteiger partial charge on any atom is 0.251 e. The number of rotatable bonds is 8. The van der Waals surface area contributed by atoms with Crippen LogP contribution >= 0.6 is 34.4 Å². The topological polar surface area (TPSA) is 103 Å². The Balaban J connectivity index is 1.35. The lowest BCUT2D eigenvalue weighted by atomic mass is 9.88. The van der Waals surface area contributed by atoms with E-state index in [1.54, 1.807) is 11.3 Å². The Morgan fingerprint density at radius 1 is 1.21 bits per heavy atom. The van der Waals surface area contributed by atoms with E-state index in [9.17, 15) is 9.59 Å². The van der Waals surface area contributed by atoms with Crippen LogP contribution in [0, 0.1) is 19.8 Å². The lowest BCUT2D eigenvalue weighted by Gasteiger charge is -2.18. The molecule has 0 radical (unpaired) electrons. The Bertz CT molecular complexity index is 1500. The lowest BCUT2D eigenvalue weighted by molar-refractivity contribution is -0.113. The first-order valence-corrected chi connectivity index (χ1v) is 15.4. The van der Waals surface area contributed by atoms with Gasteiger partial charge in [0.05, 0.1) is 11.3 Å². The number of amides is 2. The molecule has 1 unspecified atom stereocenters. The molecule has 1 aromatic carbocycles. The van der Waals surface area contributed by atoms with E-state index in [0.717, 1.165) is 46.7 Å². The molecule has 0 saturated heterocycles. The number of anilines is 1. The number of carbonyl (C=O) groups is 2. The molecule has 3 aromatic heterocycles. The Morgan fingerprint density at radius 2 is 1.97 bits per heavy atom. The third-order valence-electron chi connectivity index (χ3n) is 6.93. The summed E-state index contributed by atoms with van der Waals surface area (Å²) in [5.41, 5.74) is 11.8. The minimum absolute atomic E-state index is 0.156. The predicted molar refractivity (Wildman–Crippen MR) is 157 cm³/mol. The molecule has 3 N–H and O–H groups in total. The average Bonchev–Trinajstić information content (AvgIpc) is 3.57. The van der Waals surface area contributed by atoms with Crippen LogP contribution in [0.3, 0.4) is 0 Å². The number of nitrogens with zero attached hydrogens (tertiary/aromatic N) is 3. The number of benzene rings is 1. The summed E-state index contributed by atoms with van der Waals surface area (Å²) >= 11 is 4.52. The first-order chi connectivity index (χ1) is 18.3. The number of hydrogen-bond donors (Lipinski definition) is 2. The zero-order valence-corrected chi connectivity index (χ0v) is 24.4. The molecule has 1 atom stereocenters. The van der Waals surface area contributed by atoms with Crippen LogP contribution in [0.25, 0.3) is 22.5 Å². The van der Waals surface area contributed by atoms with Crippen molar-refractivity contribution in [1.29, 1.82) is 0 Å². The highest BCUT2D eigenvalue weighted by Gasteiger charge is 2.27. The third-order valence-corrected chi connectivity index (χ3v) is 9.98. The van der Waals surface area contributed by atoms with Gasteiger partial charge >= 0.3 is 0 Å². The number of carbonyl (C=O) groups excluding carboxylic acids is 2. The number of thiophene rings is 2. The van der Waals surface area contributed by atoms with Crippen LogP contribution in [0.5, 0.6) is 0 Å². The second-order valence-corrected chi connectivity index (χ2v) is 12.9. The van der Waals surface area contributed by atoms with Crippen LogP contribution in [0.1, 0.15) is 51.5 Å². The molecule has 7 nitrogen and oxygen atoms in total. The third kappa shape index (κ3) is 5.17. The van der Waals surface area contributed by atoms with Gasteiger partial charge in [-0.05, 0) is 57.1 Å². The summed E-state index contributed by atoms with van der Waals surface area (Å²) in [5, 5.41) is 15.3. The van der Waals surface area contributed by atoms with Crippen LogP contribution in [0.2, 0.25) is 0 Å². The second-order valence-electron chi connectivity index (χ2n) is 9.75. The smallest absolute Gasteiger partial charge is 0.251 e. The van der Waals surface area contributed by atoms with E-state index < -0.39 is 5.91 Å². The average molecular weight is 566 g/mol. The maximum absolute atomic E-state index is 13.0. The zero-order chi connectivity index (χ0) is 27.0. The number of nitrogens with one attached hydrogen (secondary N) is 1. The molecular formula is C28H31N5O2S3. The van der Waals surface area contributed by atoms with Crippen molar-refractivity contribution in [3.63, 3.8) is 0 Å². The van der Waals surface area contributed by atoms with Gasteiger partial charge in [-0.1, -0.05) is 48.5 Å². The summed E-state index contributed by atoms with van der Waals surface area (Å²) in [5.74, 6) is 0.845. The fourth-order valence-electron chi connectivity index (χ4n) is 4.97. The van der Waals surface area contributed by atoms with Crippen molar-refractivity contribution in [2.75, 3.05) is 11.1 Å². The summed E-state index contributed by atoms with van der Waals surface area (Å²) in [4.78, 5) is 27.6. The van der Waals surface area contributed by atoms with Gasteiger partial charge in [0.2, 0.25) is 5.91 Å². The molecule has 2 amide bonds. The molecule has 0 bridgehead atoms. The van der Waals surface area contributed by atoms with E-state index in [-0.39, 0.29) is 11.7 Å². The van der Waals surface area contributed by atoms with Gasteiger partial charge in [-0.25, -0.2) is 0 Å². The Kier molecular flexibility index (Phi) is 7.74. The molecule has 3 heterocycles. The van der Waals surface area contributed by atoms with Crippen LogP contribution in [0.4, 0.5) is 5.00 Å². The van der Waals surface area contributed by atoms with Crippen LogP contribution in [0.15, 0.2) is 34.8 Å². The lowest BCUT2D eigenvalue weighted by Crippen LogP contribution is -2.20. The number of fused-ring (bicyclic) bond motifs is 1. The molecule has 10 heteroatoms. The van der Waals surface area contributed by atoms with Gasteiger partial charge in [0.15, 0.2) is 11.0 Å². The maximum atomic E-state index is 13.0. The molecule has 4 aromatic rings.